The van der Waals surface area contributed by atoms with Crippen LogP contribution >= 0.6 is 11.6 Å². The summed E-state index contributed by atoms with van der Waals surface area (Å²) in [6.45, 7) is 0.536. The van der Waals surface area contributed by atoms with E-state index in [1.165, 1.54) is 13.4 Å². The molecular weight excluding hydrogens is 354 g/mol. The maximum atomic E-state index is 12.5. The van der Waals surface area contributed by atoms with Crippen LogP contribution in [-0.2, 0) is 6.54 Å². The number of nitrogens with zero attached hydrogens (tertiary/aromatic N) is 3. The van der Waals surface area contributed by atoms with Gasteiger partial charge in [0.1, 0.15) is 23.6 Å². The van der Waals surface area contributed by atoms with E-state index >= 15 is 0 Å². The Morgan fingerprint density at radius 2 is 2.12 bits per heavy atom. The van der Waals surface area contributed by atoms with E-state index in [9.17, 15) is 4.79 Å². The highest BCUT2D eigenvalue weighted by molar-refractivity contribution is 6.31. The van der Waals surface area contributed by atoms with Crippen LogP contribution in [0.2, 0.25) is 5.02 Å². The molecule has 26 heavy (non-hydrogen) atoms. The molecule has 3 rings (SSSR count). The van der Waals surface area contributed by atoms with Gasteiger partial charge < -0.3 is 15.4 Å². The van der Waals surface area contributed by atoms with E-state index in [1.54, 1.807) is 36.7 Å². The molecule has 3 aromatic rings. The number of hydrogen-bond acceptors (Lipinski definition) is 6. The van der Waals surface area contributed by atoms with E-state index in [2.05, 4.69) is 25.6 Å². The standard InChI is InChI=1S/C18H16ClN5O2/c1-26-16-5-4-13(19)7-14(16)24-18(25)15-8-17(23-11-22-15)21-10-12-3-2-6-20-9-12/h2-9,11H,10H2,1H3,(H,24,25)(H,21,22,23). The summed E-state index contributed by atoms with van der Waals surface area (Å²) in [7, 11) is 1.52. The molecule has 2 N–H and O–H groups in total. The highest BCUT2D eigenvalue weighted by Gasteiger charge is 2.12. The Bertz CT molecular complexity index is 905. The Kier molecular flexibility index (Phi) is 5.60. The van der Waals surface area contributed by atoms with Crippen molar-refractivity contribution in [1.82, 2.24) is 15.0 Å². The largest absolute Gasteiger partial charge is 0.495 e. The van der Waals surface area contributed by atoms with Crippen molar-refractivity contribution in [3.05, 3.63) is 71.4 Å². The van der Waals surface area contributed by atoms with Crippen molar-refractivity contribution in [3.63, 3.8) is 0 Å². The lowest BCUT2D eigenvalue weighted by molar-refractivity contribution is 0.102. The Morgan fingerprint density at radius 1 is 1.23 bits per heavy atom. The fourth-order valence-corrected chi connectivity index (χ4v) is 2.41. The first kappa shape index (κ1) is 17.6. The molecule has 132 valence electrons. The summed E-state index contributed by atoms with van der Waals surface area (Å²) in [6.07, 6.45) is 4.80. The Labute approximate surface area is 155 Å². The second-order valence-corrected chi connectivity index (χ2v) is 5.74. The molecule has 0 saturated heterocycles. The molecule has 0 aliphatic carbocycles. The molecule has 1 aromatic carbocycles. The van der Waals surface area contributed by atoms with Gasteiger partial charge in [0.15, 0.2) is 0 Å². The third-order valence-electron chi connectivity index (χ3n) is 3.51. The van der Waals surface area contributed by atoms with Gasteiger partial charge in [0.25, 0.3) is 5.91 Å². The van der Waals surface area contributed by atoms with Crippen LogP contribution in [-0.4, -0.2) is 28.0 Å². The molecule has 0 spiro atoms. The molecule has 1 amide bonds. The molecule has 0 bridgehead atoms. The Morgan fingerprint density at radius 3 is 2.88 bits per heavy atom. The summed E-state index contributed by atoms with van der Waals surface area (Å²) in [4.78, 5) is 24.7. The number of halogens is 1. The number of anilines is 2. The van der Waals surface area contributed by atoms with Crippen molar-refractivity contribution in [1.29, 1.82) is 0 Å². The summed E-state index contributed by atoms with van der Waals surface area (Å²) >= 11 is 5.98. The van der Waals surface area contributed by atoms with Gasteiger partial charge in [-0.2, -0.15) is 0 Å². The fourth-order valence-electron chi connectivity index (χ4n) is 2.24. The molecule has 7 nitrogen and oxygen atoms in total. The van der Waals surface area contributed by atoms with Gasteiger partial charge in [-0.05, 0) is 29.8 Å². The molecule has 0 saturated carbocycles. The predicted molar refractivity (Wildman–Crippen MR) is 99.6 cm³/mol. The zero-order valence-electron chi connectivity index (χ0n) is 13.9. The summed E-state index contributed by atoms with van der Waals surface area (Å²) < 4.78 is 5.22. The summed E-state index contributed by atoms with van der Waals surface area (Å²) in [5.41, 5.74) is 1.69. The van der Waals surface area contributed by atoms with Crippen LogP contribution < -0.4 is 15.4 Å². The Balaban J connectivity index is 1.71. The number of nitrogens with one attached hydrogen (secondary N) is 2. The van der Waals surface area contributed by atoms with E-state index in [0.717, 1.165) is 5.56 Å². The number of amides is 1. The molecular formula is C18H16ClN5O2. The van der Waals surface area contributed by atoms with Crippen LogP contribution in [0, 0.1) is 0 Å². The number of aromatic nitrogens is 3. The lowest BCUT2D eigenvalue weighted by atomic mass is 10.2. The van der Waals surface area contributed by atoms with Crippen molar-refractivity contribution in [3.8, 4) is 5.75 Å². The molecule has 0 aliphatic rings. The van der Waals surface area contributed by atoms with Gasteiger partial charge in [0.2, 0.25) is 0 Å². The summed E-state index contributed by atoms with van der Waals surface area (Å²) in [5, 5.41) is 6.37. The highest BCUT2D eigenvalue weighted by Crippen LogP contribution is 2.28. The van der Waals surface area contributed by atoms with Crippen molar-refractivity contribution in [2.45, 2.75) is 6.54 Å². The minimum atomic E-state index is -0.391. The lowest BCUT2D eigenvalue weighted by Crippen LogP contribution is -2.15. The molecule has 0 unspecified atom stereocenters. The quantitative estimate of drug-likeness (QED) is 0.692. The number of carbonyl (C=O) groups is 1. The van der Waals surface area contributed by atoms with Crippen LogP contribution in [0.25, 0.3) is 0 Å². The SMILES string of the molecule is COc1ccc(Cl)cc1NC(=O)c1cc(NCc2cccnc2)ncn1. The normalized spacial score (nSPS) is 10.2. The second-order valence-electron chi connectivity index (χ2n) is 5.30. The van der Waals surface area contributed by atoms with Gasteiger partial charge in [0, 0.05) is 30.0 Å². The zero-order valence-corrected chi connectivity index (χ0v) is 14.7. The zero-order chi connectivity index (χ0) is 18.4. The van der Waals surface area contributed by atoms with Gasteiger partial charge in [-0.1, -0.05) is 17.7 Å². The van der Waals surface area contributed by atoms with Crippen LogP contribution in [0.4, 0.5) is 11.5 Å². The average molecular weight is 370 g/mol. The molecule has 0 fully saturated rings. The first-order valence-electron chi connectivity index (χ1n) is 7.75. The second kappa shape index (κ2) is 8.26. The van der Waals surface area contributed by atoms with Crippen molar-refractivity contribution in [2.75, 3.05) is 17.7 Å². The monoisotopic (exact) mass is 369 g/mol. The molecule has 2 aromatic heterocycles. The maximum absolute atomic E-state index is 12.5. The van der Waals surface area contributed by atoms with E-state index in [0.29, 0.717) is 28.8 Å². The number of benzene rings is 1. The smallest absolute Gasteiger partial charge is 0.274 e. The third kappa shape index (κ3) is 4.46. The maximum Gasteiger partial charge on any atom is 0.274 e. The summed E-state index contributed by atoms with van der Waals surface area (Å²) in [6, 6.07) is 10.3. The molecule has 8 heteroatoms. The summed E-state index contributed by atoms with van der Waals surface area (Å²) in [5.74, 6) is 0.649. The third-order valence-corrected chi connectivity index (χ3v) is 3.74. The van der Waals surface area contributed by atoms with Crippen LogP contribution in [0.5, 0.6) is 5.75 Å². The van der Waals surface area contributed by atoms with Gasteiger partial charge in [-0.25, -0.2) is 9.97 Å². The van der Waals surface area contributed by atoms with E-state index in [4.69, 9.17) is 16.3 Å². The number of pyridine rings is 1. The number of rotatable bonds is 6. The van der Waals surface area contributed by atoms with E-state index in [-0.39, 0.29) is 5.69 Å². The van der Waals surface area contributed by atoms with Gasteiger partial charge in [-0.3, -0.25) is 9.78 Å². The van der Waals surface area contributed by atoms with E-state index < -0.39 is 5.91 Å². The molecule has 0 atom stereocenters. The van der Waals surface area contributed by atoms with Crippen molar-refractivity contribution in [2.24, 2.45) is 0 Å². The van der Waals surface area contributed by atoms with Crippen LogP contribution in [0.1, 0.15) is 16.1 Å². The highest BCUT2D eigenvalue weighted by atomic mass is 35.5. The number of methoxy groups -OCH3 is 1. The Hall–Kier alpha value is -3.19. The molecule has 0 radical (unpaired) electrons. The van der Waals surface area contributed by atoms with Gasteiger partial charge >= 0.3 is 0 Å². The fraction of sp³-hybridized carbons (Fsp3) is 0.111. The number of ether oxygens (including phenoxy) is 1. The predicted octanol–water partition coefficient (Wildman–Crippen LogP) is 3.40. The average Bonchev–Trinajstić information content (AvgIpc) is 2.67. The van der Waals surface area contributed by atoms with Gasteiger partial charge in [-0.15, -0.1) is 0 Å². The first-order valence-corrected chi connectivity index (χ1v) is 8.13. The minimum absolute atomic E-state index is 0.218. The minimum Gasteiger partial charge on any atom is -0.495 e. The number of hydrogen-bond donors (Lipinski definition) is 2. The number of carbonyl (C=O) groups excluding carboxylic acids is 1. The first-order chi connectivity index (χ1) is 12.7. The molecule has 0 aliphatic heterocycles. The van der Waals surface area contributed by atoms with Crippen LogP contribution in [0.15, 0.2) is 55.1 Å². The van der Waals surface area contributed by atoms with Crippen LogP contribution in [0.3, 0.4) is 0 Å². The topological polar surface area (TPSA) is 89.0 Å². The van der Waals surface area contributed by atoms with Gasteiger partial charge in [0.05, 0.1) is 12.8 Å². The van der Waals surface area contributed by atoms with E-state index in [1.807, 2.05) is 12.1 Å². The van der Waals surface area contributed by atoms with Crippen molar-refractivity contribution >= 4 is 29.0 Å². The lowest BCUT2D eigenvalue weighted by Gasteiger charge is -2.11. The van der Waals surface area contributed by atoms with Crippen molar-refractivity contribution < 1.29 is 9.53 Å². The molecule has 2 heterocycles.